The Morgan fingerprint density at radius 3 is 2.36 bits per heavy atom. The Kier molecular flexibility index (Phi) is 8.17. The highest BCUT2D eigenvalue weighted by Crippen LogP contribution is 2.19. The zero-order valence-electron chi connectivity index (χ0n) is 13.3. The fourth-order valence-corrected chi connectivity index (χ4v) is 1.94. The van der Waals surface area contributed by atoms with Gasteiger partial charge in [-0.05, 0) is 25.5 Å². The van der Waals surface area contributed by atoms with Gasteiger partial charge < -0.3 is 19.5 Å². The minimum Gasteiger partial charge on any atom is -0.469 e. The molecule has 0 spiro atoms. The van der Waals surface area contributed by atoms with Gasteiger partial charge >= 0.3 is 5.97 Å². The largest absolute Gasteiger partial charge is 0.469 e. The molecule has 0 aliphatic carbocycles. The number of benzene rings is 1. The zero-order valence-corrected chi connectivity index (χ0v) is 13.3. The molecule has 0 radical (unpaired) electrons. The second-order valence-electron chi connectivity index (χ2n) is 4.50. The third kappa shape index (κ3) is 6.24. The van der Waals surface area contributed by atoms with Crippen molar-refractivity contribution >= 4 is 17.6 Å². The summed E-state index contributed by atoms with van der Waals surface area (Å²) >= 11 is 0. The Bertz CT molecular complexity index is 483. The topological polar surface area (TPSA) is 73.9 Å². The van der Waals surface area contributed by atoms with Crippen LogP contribution in [0.3, 0.4) is 0 Å². The summed E-state index contributed by atoms with van der Waals surface area (Å²) in [5.74, 6) is -0.986. The number of esters is 1. The van der Waals surface area contributed by atoms with E-state index in [9.17, 15) is 9.59 Å². The van der Waals surface area contributed by atoms with Crippen LogP contribution in [0.2, 0.25) is 0 Å². The minimum atomic E-state index is -0.573. The average Bonchev–Trinajstić information content (AvgIpc) is 2.49. The van der Waals surface area contributed by atoms with Gasteiger partial charge in [-0.1, -0.05) is 18.2 Å². The molecule has 6 nitrogen and oxygen atoms in total. The molecule has 1 aromatic carbocycles. The summed E-state index contributed by atoms with van der Waals surface area (Å²) in [4.78, 5) is 22.9. The van der Waals surface area contributed by atoms with Gasteiger partial charge in [0.15, 0.2) is 6.29 Å². The van der Waals surface area contributed by atoms with Gasteiger partial charge in [0.05, 0.1) is 7.11 Å². The highest BCUT2D eigenvalue weighted by atomic mass is 16.7. The molecule has 0 unspecified atom stereocenters. The molecular weight excluding hydrogens is 286 g/mol. The molecule has 122 valence electrons. The molecular formula is C16H23NO5. The molecule has 6 heteroatoms. The highest BCUT2D eigenvalue weighted by molar-refractivity contribution is 6.02. The van der Waals surface area contributed by atoms with Gasteiger partial charge in [0.2, 0.25) is 5.91 Å². The maximum Gasteiger partial charge on any atom is 0.315 e. The van der Waals surface area contributed by atoms with Crippen molar-refractivity contribution in [1.29, 1.82) is 0 Å². The monoisotopic (exact) mass is 309 g/mol. The lowest BCUT2D eigenvalue weighted by molar-refractivity contribution is -0.142. The number of amides is 1. The normalized spacial score (nSPS) is 10.5. The van der Waals surface area contributed by atoms with E-state index in [1.54, 1.807) is 6.07 Å². The predicted octanol–water partition coefficient (Wildman–Crippen LogP) is 2.13. The van der Waals surface area contributed by atoms with E-state index < -0.39 is 11.9 Å². The Morgan fingerprint density at radius 2 is 1.77 bits per heavy atom. The van der Waals surface area contributed by atoms with Crippen molar-refractivity contribution in [3.63, 3.8) is 0 Å². The Balaban J connectivity index is 2.75. The van der Waals surface area contributed by atoms with Gasteiger partial charge in [0.25, 0.3) is 0 Å². The number of hydrogen-bond donors (Lipinski definition) is 1. The maximum absolute atomic E-state index is 11.8. The summed E-state index contributed by atoms with van der Waals surface area (Å²) < 4.78 is 15.5. The highest BCUT2D eigenvalue weighted by Gasteiger charge is 2.15. The fourth-order valence-electron chi connectivity index (χ4n) is 1.94. The Morgan fingerprint density at radius 1 is 1.14 bits per heavy atom. The van der Waals surface area contributed by atoms with Crippen LogP contribution in [0, 0.1) is 0 Å². The van der Waals surface area contributed by atoms with E-state index >= 15 is 0 Å². The lowest BCUT2D eigenvalue weighted by atomic mass is 10.1. The molecule has 0 aromatic heterocycles. The molecule has 1 N–H and O–H groups in total. The van der Waals surface area contributed by atoms with Gasteiger partial charge in [0.1, 0.15) is 6.42 Å². The summed E-state index contributed by atoms with van der Waals surface area (Å²) in [5, 5.41) is 2.71. The van der Waals surface area contributed by atoms with Crippen molar-refractivity contribution in [2.75, 3.05) is 25.6 Å². The van der Waals surface area contributed by atoms with E-state index in [2.05, 4.69) is 10.1 Å². The molecule has 1 aromatic rings. The fraction of sp³-hybridized carbons (Fsp3) is 0.500. The average molecular weight is 309 g/mol. The number of nitrogens with one attached hydrogen (secondary N) is 1. The number of hydrogen-bond acceptors (Lipinski definition) is 5. The van der Waals surface area contributed by atoms with Crippen molar-refractivity contribution in [1.82, 2.24) is 0 Å². The predicted molar refractivity (Wildman–Crippen MR) is 82.4 cm³/mol. The van der Waals surface area contributed by atoms with E-state index in [1.807, 2.05) is 32.0 Å². The van der Waals surface area contributed by atoms with Gasteiger partial charge in [-0.3, -0.25) is 9.59 Å². The molecule has 0 bridgehead atoms. The van der Waals surface area contributed by atoms with Gasteiger partial charge in [0, 0.05) is 25.3 Å². The summed E-state index contributed by atoms with van der Waals surface area (Å²) in [6, 6.07) is 7.35. The van der Waals surface area contributed by atoms with Gasteiger partial charge in [-0.2, -0.15) is 0 Å². The van der Waals surface area contributed by atoms with E-state index in [0.29, 0.717) is 25.3 Å². The number of para-hydroxylation sites is 1. The van der Waals surface area contributed by atoms with Crippen molar-refractivity contribution in [3.05, 3.63) is 29.8 Å². The van der Waals surface area contributed by atoms with Crippen LogP contribution in [0.15, 0.2) is 24.3 Å². The Hall–Kier alpha value is -1.92. The van der Waals surface area contributed by atoms with E-state index in [1.165, 1.54) is 7.11 Å². The zero-order chi connectivity index (χ0) is 16.4. The summed E-state index contributed by atoms with van der Waals surface area (Å²) in [7, 11) is 1.25. The molecule has 1 amide bonds. The van der Waals surface area contributed by atoms with Crippen LogP contribution < -0.4 is 5.32 Å². The number of carbonyl (C=O) groups is 2. The third-order valence-electron chi connectivity index (χ3n) is 2.92. The molecule has 1 rings (SSSR count). The van der Waals surface area contributed by atoms with Crippen molar-refractivity contribution in [2.45, 2.75) is 33.0 Å². The SMILES string of the molecule is CCOC(Cc1ccccc1NC(=O)CC(=O)OC)OCC. The van der Waals surface area contributed by atoms with Crippen LogP contribution in [-0.2, 0) is 30.2 Å². The molecule has 0 saturated carbocycles. The summed E-state index contributed by atoms with van der Waals surface area (Å²) in [6.07, 6.45) is -0.171. The molecule has 0 fully saturated rings. The quantitative estimate of drug-likeness (QED) is 0.430. The van der Waals surface area contributed by atoms with E-state index in [4.69, 9.17) is 9.47 Å². The number of carbonyl (C=O) groups excluding carboxylic acids is 2. The van der Waals surface area contributed by atoms with Crippen LogP contribution in [0.5, 0.6) is 0 Å². The number of rotatable bonds is 9. The van der Waals surface area contributed by atoms with Crippen molar-refractivity contribution in [2.24, 2.45) is 0 Å². The lowest BCUT2D eigenvalue weighted by Crippen LogP contribution is -2.22. The smallest absolute Gasteiger partial charge is 0.315 e. The first kappa shape index (κ1) is 18.1. The third-order valence-corrected chi connectivity index (χ3v) is 2.92. The minimum absolute atomic E-state index is 0.314. The van der Waals surface area contributed by atoms with Crippen LogP contribution >= 0.6 is 0 Å². The van der Waals surface area contributed by atoms with Gasteiger partial charge in [-0.25, -0.2) is 0 Å². The first-order chi connectivity index (χ1) is 10.6. The Labute approximate surface area is 130 Å². The first-order valence-electron chi connectivity index (χ1n) is 7.28. The molecule has 0 heterocycles. The summed E-state index contributed by atoms with van der Waals surface area (Å²) in [6.45, 7) is 4.88. The van der Waals surface area contributed by atoms with Crippen molar-refractivity contribution < 1.29 is 23.8 Å². The van der Waals surface area contributed by atoms with Crippen LogP contribution in [0.25, 0.3) is 0 Å². The molecule has 0 aliphatic rings. The molecule has 0 aliphatic heterocycles. The standard InChI is InChI=1S/C16H23NO5/c1-4-21-16(22-5-2)10-12-8-6-7-9-13(12)17-14(18)11-15(19)20-3/h6-9,16H,4-5,10-11H2,1-3H3,(H,17,18). The van der Waals surface area contributed by atoms with Gasteiger partial charge in [-0.15, -0.1) is 0 Å². The van der Waals surface area contributed by atoms with E-state index in [-0.39, 0.29) is 12.7 Å². The number of ether oxygens (including phenoxy) is 3. The second kappa shape index (κ2) is 9.92. The molecule has 0 saturated heterocycles. The maximum atomic E-state index is 11.8. The summed E-state index contributed by atoms with van der Waals surface area (Å²) in [5.41, 5.74) is 1.52. The first-order valence-corrected chi connectivity index (χ1v) is 7.28. The second-order valence-corrected chi connectivity index (χ2v) is 4.50. The lowest BCUT2D eigenvalue weighted by Gasteiger charge is -2.19. The van der Waals surface area contributed by atoms with Crippen LogP contribution in [0.1, 0.15) is 25.8 Å². The van der Waals surface area contributed by atoms with Crippen LogP contribution in [-0.4, -0.2) is 38.5 Å². The van der Waals surface area contributed by atoms with Crippen LogP contribution in [0.4, 0.5) is 5.69 Å². The molecule has 22 heavy (non-hydrogen) atoms. The number of methoxy groups -OCH3 is 1. The van der Waals surface area contributed by atoms with E-state index in [0.717, 1.165) is 5.56 Å². The number of anilines is 1. The van der Waals surface area contributed by atoms with Crippen molar-refractivity contribution in [3.8, 4) is 0 Å². The molecule has 0 atom stereocenters.